The lowest BCUT2D eigenvalue weighted by atomic mass is 10.1. The van der Waals surface area contributed by atoms with Crippen LogP contribution < -0.4 is 10.6 Å². The van der Waals surface area contributed by atoms with Gasteiger partial charge in [-0.3, -0.25) is 4.79 Å². The number of rotatable bonds is 5. The molecule has 0 saturated heterocycles. The maximum Gasteiger partial charge on any atom is 0.255 e. The van der Waals surface area contributed by atoms with Gasteiger partial charge >= 0.3 is 0 Å². The highest BCUT2D eigenvalue weighted by molar-refractivity contribution is 6.04. The highest BCUT2D eigenvalue weighted by atomic mass is 19.1. The van der Waals surface area contributed by atoms with Gasteiger partial charge in [0.25, 0.3) is 5.91 Å². The van der Waals surface area contributed by atoms with Crippen molar-refractivity contribution in [1.29, 1.82) is 5.26 Å². The molecule has 3 rings (SSSR count). The topological polar surface area (TPSA) is 64.9 Å². The summed E-state index contributed by atoms with van der Waals surface area (Å²) in [5.41, 5.74) is 3.41. The molecule has 0 radical (unpaired) electrons. The van der Waals surface area contributed by atoms with Gasteiger partial charge in [-0.05, 0) is 60.2 Å². The molecule has 0 bridgehead atoms. The maximum atomic E-state index is 12.9. The fraction of sp³-hybridized carbons (Fsp3) is 0.0476. The van der Waals surface area contributed by atoms with E-state index in [4.69, 9.17) is 5.26 Å². The molecule has 5 heteroatoms. The molecule has 3 aromatic carbocycles. The Labute approximate surface area is 150 Å². The van der Waals surface area contributed by atoms with Gasteiger partial charge in [0.05, 0.1) is 11.6 Å². The van der Waals surface area contributed by atoms with Crippen molar-refractivity contribution in [3.05, 3.63) is 95.3 Å². The van der Waals surface area contributed by atoms with Crippen LogP contribution in [0.3, 0.4) is 0 Å². The molecule has 2 N–H and O–H groups in total. The number of nitrogens with zero attached hydrogens (tertiary/aromatic N) is 1. The Morgan fingerprint density at radius 2 is 1.69 bits per heavy atom. The minimum absolute atomic E-state index is 0.236. The summed E-state index contributed by atoms with van der Waals surface area (Å²) in [6.07, 6.45) is 0. The van der Waals surface area contributed by atoms with Crippen LogP contribution in [0.4, 0.5) is 15.8 Å². The number of carbonyl (C=O) groups excluding carboxylic acids is 1. The highest BCUT2D eigenvalue weighted by Gasteiger charge is 2.07. The normalized spacial score (nSPS) is 10.0. The first-order valence-corrected chi connectivity index (χ1v) is 8.04. The molecule has 0 aliphatic heterocycles. The zero-order chi connectivity index (χ0) is 18.4. The van der Waals surface area contributed by atoms with Gasteiger partial charge in [-0.1, -0.05) is 18.2 Å². The summed E-state index contributed by atoms with van der Waals surface area (Å²) < 4.78 is 12.9. The van der Waals surface area contributed by atoms with Crippen molar-refractivity contribution in [1.82, 2.24) is 0 Å². The molecule has 0 aliphatic carbocycles. The molecule has 3 aromatic rings. The van der Waals surface area contributed by atoms with E-state index < -0.39 is 0 Å². The number of carbonyl (C=O) groups is 1. The number of halogens is 1. The quantitative estimate of drug-likeness (QED) is 0.712. The largest absolute Gasteiger partial charge is 0.381 e. The molecule has 0 saturated carbocycles. The monoisotopic (exact) mass is 345 g/mol. The summed E-state index contributed by atoms with van der Waals surface area (Å²) in [7, 11) is 0. The van der Waals surface area contributed by atoms with Crippen LogP contribution in [0.25, 0.3) is 0 Å². The summed E-state index contributed by atoms with van der Waals surface area (Å²) >= 11 is 0. The molecule has 128 valence electrons. The second kappa shape index (κ2) is 7.95. The van der Waals surface area contributed by atoms with Gasteiger partial charge in [-0.15, -0.1) is 0 Å². The van der Waals surface area contributed by atoms with Crippen LogP contribution in [0, 0.1) is 17.1 Å². The van der Waals surface area contributed by atoms with Crippen LogP contribution in [-0.4, -0.2) is 5.91 Å². The highest BCUT2D eigenvalue weighted by Crippen LogP contribution is 2.15. The van der Waals surface area contributed by atoms with Crippen molar-refractivity contribution in [2.24, 2.45) is 0 Å². The Hall–Kier alpha value is -3.65. The number of hydrogen-bond donors (Lipinski definition) is 2. The minimum Gasteiger partial charge on any atom is -0.381 e. The Bertz CT molecular complexity index is 944. The van der Waals surface area contributed by atoms with E-state index in [1.165, 1.54) is 12.1 Å². The van der Waals surface area contributed by atoms with Gasteiger partial charge in [-0.25, -0.2) is 4.39 Å². The summed E-state index contributed by atoms with van der Waals surface area (Å²) in [6, 6.07) is 22.1. The molecule has 0 aromatic heterocycles. The Balaban J connectivity index is 1.64. The van der Waals surface area contributed by atoms with Crippen LogP contribution >= 0.6 is 0 Å². The third-order valence-corrected chi connectivity index (χ3v) is 3.81. The Morgan fingerprint density at radius 1 is 0.962 bits per heavy atom. The van der Waals surface area contributed by atoms with Crippen molar-refractivity contribution in [3.8, 4) is 6.07 Å². The molecule has 4 nitrogen and oxygen atoms in total. The van der Waals surface area contributed by atoms with Crippen molar-refractivity contribution >= 4 is 17.3 Å². The van der Waals surface area contributed by atoms with E-state index in [9.17, 15) is 9.18 Å². The van der Waals surface area contributed by atoms with E-state index in [2.05, 4.69) is 10.6 Å². The molecular weight excluding hydrogens is 329 g/mol. The van der Waals surface area contributed by atoms with Crippen molar-refractivity contribution < 1.29 is 9.18 Å². The molecule has 0 heterocycles. The fourth-order valence-electron chi connectivity index (χ4n) is 2.41. The molecular formula is C21H16FN3O. The van der Waals surface area contributed by atoms with E-state index in [0.717, 1.165) is 11.3 Å². The van der Waals surface area contributed by atoms with E-state index in [1.54, 1.807) is 54.6 Å². The van der Waals surface area contributed by atoms with Crippen molar-refractivity contribution in [2.75, 3.05) is 10.6 Å². The van der Waals surface area contributed by atoms with Gasteiger partial charge in [0.1, 0.15) is 5.82 Å². The molecule has 0 unspecified atom stereocenters. The summed E-state index contributed by atoms with van der Waals surface area (Å²) in [5.74, 6) is -0.504. The smallest absolute Gasteiger partial charge is 0.255 e. The molecule has 0 fully saturated rings. The second-order valence-corrected chi connectivity index (χ2v) is 5.70. The first kappa shape index (κ1) is 17.2. The van der Waals surface area contributed by atoms with Crippen LogP contribution in [0.5, 0.6) is 0 Å². The summed E-state index contributed by atoms with van der Waals surface area (Å²) in [5, 5.41) is 14.8. The van der Waals surface area contributed by atoms with Crippen molar-refractivity contribution in [2.45, 2.75) is 6.54 Å². The standard InChI is InChI=1S/C21H16FN3O/c22-18-8-4-16(5-9-18)14-24-20-3-1-2-17(12-20)21(26)25-19-10-6-15(13-23)7-11-19/h1-12,24H,14H2,(H,25,26). The Kier molecular flexibility index (Phi) is 5.25. The van der Waals surface area contributed by atoms with Gasteiger partial charge in [-0.2, -0.15) is 5.26 Å². The van der Waals surface area contributed by atoms with Crippen LogP contribution in [-0.2, 0) is 6.54 Å². The van der Waals surface area contributed by atoms with Crippen LogP contribution in [0.15, 0.2) is 72.8 Å². The molecule has 26 heavy (non-hydrogen) atoms. The van der Waals surface area contributed by atoms with E-state index in [0.29, 0.717) is 23.4 Å². The molecule has 0 aliphatic rings. The SMILES string of the molecule is N#Cc1ccc(NC(=O)c2cccc(NCc3ccc(F)cc3)c2)cc1. The first-order valence-electron chi connectivity index (χ1n) is 8.04. The van der Waals surface area contributed by atoms with E-state index >= 15 is 0 Å². The van der Waals surface area contributed by atoms with E-state index in [-0.39, 0.29) is 11.7 Å². The van der Waals surface area contributed by atoms with Gasteiger partial charge < -0.3 is 10.6 Å². The number of benzene rings is 3. The number of anilines is 2. The van der Waals surface area contributed by atoms with Gasteiger partial charge in [0.15, 0.2) is 0 Å². The zero-order valence-electron chi connectivity index (χ0n) is 13.9. The average molecular weight is 345 g/mol. The lowest BCUT2D eigenvalue weighted by Gasteiger charge is -2.09. The second-order valence-electron chi connectivity index (χ2n) is 5.70. The minimum atomic E-state index is -0.268. The van der Waals surface area contributed by atoms with Crippen molar-refractivity contribution in [3.63, 3.8) is 0 Å². The Morgan fingerprint density at radius 3 is 2.38 bits per heavy atom. The van der Waals surface area contributed by atoms with Crippen LogP contribution in [0.2, 0.25) is 0 Å². The predicted octanol–water partition coefficient (Wildman–Crippen LogP) is 4.56. The lowest BCUT2D eigenvalue weighted by molar-refractivity contribution is 0.102. The maximum absolute atomic E-state index is 12.9. The fourth-order valence-corrected chi connectivity index (χ4v) is 2.41. The summed E-state index contributed by atoms with van der Waals surface area (Å²) in [4.78, 5) is 12.4. The third-order valence-electron chi connectivity index (χ3n) is 3.81. The molecule has 0 spiro atoms. The van der Waals surface area contributed by atoms with Gasteiger partial charge in [0, 0.05) is 23.5 Å². The first-order chi connectivity index (χ1) is 12.6. The number of nitriles is 1. The van der Waals surface area contributed by atoms with E-state index in [1.807, 2.05) is 12.1 Å². The molecule has 1 amide bonds. The van der Waals surface area contributed by atoms with Gasteiger partial charge in [0.2, 0.25) is 0 Å². The number of nitrogens with one attached hydrogen (secondary N) is 2. The number of hydrogen-bond acceptors (Lipinski definition) is 3. The average Bonchev–Trinajstić information content (AvgIpc) is 2.68. The lowest BCUT2D eigenvalue weighted by Crippen LogP contribution is -2.12. The molecule has 0 atom stereocenters. The van der Waals surface area contributed by atoms with Crippen LogP contribution in [0.1, 0.15) is 21.5 Å². The third kappa shape index (κ3) is 4.46. The summed E-state index contributed by atoms with van der Waals surface area (Å²) in [6.45, 7) is 0.529. The predicted molar refractivity (Wildman–Crippen MR) is 99.3 cm³/mol. The number of amides is 1. The zero-order valence-corrected chi connectivity index (χ0v) is 13.9.